The van der Waals surface area contributed by atoms with Crippen LogP contribution in [0.25, 0.3) is 0 Å². The summed E-state index contributed by atoms with van der Waals surface area (Å²) < 4.78 is 31.7. The lowest BCUT2D eigenvalue weighted by molar-refractivity contribution is -0.141. The Morgan fingerprint density at radius 1 is 1.10 bits per heavy atom. The van der Waals surface area contributed by atoms with Gasteiger partial charge in [-0.25, -0.2) is 8.42 Å². The number of hydrogen-bond donors (Lipinski definition) is 1. The average molecular weight is 578 g/mol. The number of hydrogen-bond acceptors (Lipinski definition) is 5. The predicted octanol–water partition coefficient (Wildman–Crippen LogP) is 5.15. The first-order valence-electron chi connectivity index (χ1n) is 13.6. The molecule has 0 bridgehead atoms. The van der Waals surface area contributed by atoms with E-state index in [0.29, 0.717) is 22.9 Å². The molecule has 0 heterocycles. The highest BCUT2D eigenvalue weighted by Gasteiger charge is 2.31. The zero-order valence-electron chi connectivity index (χ0n) is 23.1. The number of sulfonamides is 1. The van der Waals surface area contributed by atoms with Crippen molar-refractivity contribution in [3.8, 4) is 5.75 Å². The van der Waals surface area contributed by atoms with Gasteiger partial charge in [0.15, 0.2) is 0 Å². The molecule has 10 heteroatoms. The second-order valence-electron chi connectivity index (χ2n) is 10.0. The fraction of sp³-hybridized carbons (Fsp3) is 0.517. The number of carbonyl (C=O) groups is 2. The van der Waals surface area contributed by atoms with Crippen molar-refractivity contribution in [3.63, 3.8) is 0 Å². The molecule has 2 amide bonds. The van der Waals surface area contributed by atoms with Gasteiger partial charge in [0.25, 0.3) is 0 Å². The maximum atomic E-state index is 13.6. The van der Waals surface area contributed by atoms with Gasteiger partial charge in [-0.05, 0) is 49.4 Å². The number of ether oxygens (including phenoxy) is 1. The van der Waals surface area contributed by atoms with Crippen LogP contribution in [0, 0.1) is 0 Å². The van der Waals surface area contributed by atoms with Gasteiger partial charge in [0.2, 0.25) is 21.8 Å². The van der Waals surface area contributed by atoms with Crippen LogP contribution in [0.15, 0.2) is 48.5 Å². The van der Waals surface area contributed by atoms with E-state index in [1.165, 1.54) is 17.8 Å². The number of carbonyl (C=O) groups excluding carboxylic acids is 2. The van der Waals surface area contributed by atoms with Gasteiger partial charge in [-0.3, -0.25) is 13.9 Å². The summed E-state index contributed by atoms with van der Waals surface area (Å²) in [5.41, 5.74) is 1.22. The van der Waals surface area contributed by atoms with Gasteiger partial charge in [0.1, 0.15) is 11.8 Å². The van der Waals surface area contributed by atoms with Gasteiger partial charge in [-0.2, -0.15) is 0 Å². The molecule has 1 unspecified atom stereocenters. The lowest BCUT2D eigenvalue weighted by Crippen LogP contribution is -2.51. The largest absolute Gasteiger partial charge is 0.497 e. The molecule has 214 valence electrons. The molecule has 0 spiro atoms. The number of anilines is 1. The number of amides is 2. The highest BCUT2D eigenvalue weighted by atomic mass is 35.5. The number of benzene rings is 2. The van der Waals surface area contributed by atoms with E-state index in [4.69, 9.17) is 16.3 Å². The fourth-order valence-electron chi connectivity index (χ4n) is 5.04. The van der Waals surface area contributed by atoms with E-state index in [0.717, 1.165) is 37.5 Å². The number of methoxy groups -OCH3 is 1. The van der Waals surface area contributed by atoms with E-state index in [1.54, 1.807) is 35.2 Å². The van der Waals surface area contributed by atoms with Crippen molar-refractivity contribution in [3.05, 3.63) is 59.1 Å². The Hall–Kier alpha value is -2.78. The quantitative estimate of drug-likeness (QED) is 0.355. The molecule has 0 radical (unpaired) electrons. The molecule has 1 aliphatic rings. The maximum absolute atomic E-state index is 13.6. The van der Waals surface area contributed by atoms with Crippen LogP contribution in [0.2, 0.25) is 5.02 Å². The van der Waals surface area contributed by atoms with Crippen LogP contribution >= 0.6 is 11.6 Å². The first-order valence-corrected chi connectivity index (χ1v) is 15.8. The second kappa shape index (κ2) is 14.6. The van der Waals surface area contributed by atoms with Crippen molar-refractivity contribution in [2.75, 3.05) is 24.2 Å². The number of nitrogens with zero attached hydrogens (tertiary/aromatic N) is 2. The van der Waals surface area contributed by atoms with Crippen molar-refractivity contribution in [2.24, 2.45) is 0 Å². The van der Waals surface area contributed by atoms with E-state index in [1.807, 2.05) is 25.1 Å². The molecular weight excluding hydrogens is 538 g/mol. The zero-order valence-corrected chi connectivity index (χ0v) is 24.6. The Kier molecular flexibility index (Phi) is 11.5. The summed E-state index contributed by atoms with van der Waals surface area (Å²) >= 11 is 6.42. The Balaban J connectivity index is 1.77. The SMILES string of the molecule is CCC(C(=O)NC1CCCCC1)N(Cc1ccccc1Cl)C(=O)CCCN(c1cccc(OC)c1)S(C)(=O)=O. The predicted molar refractivity (Wildman–Crippen MR) is 156 cm³/mol. The van der Waals surface area contributed by atoms with Gasteiger partial charge in [-0.1, -0.05) is 62.1 Å². The summed E-state index contributed by atoms with van der Waals surface area (Å²) in [6, 6.07) is 13.6. The first kappa shape index (κ1) is 30.8. The molecular formula is C29H40ClN3O5S. The van der Waals surface area contributed by atoms with Crippen LogP contribution in [-0.2, 0) is 26.2 Å². The number of halogens is 1. The van der Waals surface area contributed by atoms with Crippen molar-refractivity contribution in [1.82, 2.24) is 10.2 Å². The molecule has 1 saturated carbocycles. The van der Waals surface area contributed by atoms with E-state index in [9.17, 15) is 18.0 Å². The Morgan fingerprint density at radius 2 is 1.82 bits per heavy atom. The molecule has 1 fully saturated rings. The summed E-state index contributed by atoms with van der Waals surface area (Å²) in [7, 11) is -2.08. The van der Waals surface area contributed by atoms with Crippen LogP contribution < -0.4 is 14.4 Å². The Bertz CT molecular complexity index is 1220. The van der Waals surface area contributed by atoms with Crippen molar-refractivity contribution < 1.29 is 22.7 Å². The first-order chi connectivity index (χ1) is 18.6. The van der Waals surface area contributed by atoms with E-state index < -0.39 is 16.1 Å². The molecule has 1 N–H and O–H groups in total. The smallest absolute Gasteiger partial charge is 0.243 e. The molecule has 39 heavy (non-hydrogen) atoms. The molecule has 2 aromatic rings. The molecule has 3 rings (SSSR count). The van der Waals surface area contributed by atoms with E-state index >= 15 is 0 Å². The summed E-state index contributed by atoms with van der Waals surface area (Å²) in [6.45, 7) is 2.20. The Labute approximate surface area is 237 Å². The van der Waals surface area contributed by atoms with Crippen LogP contribution in [0.5, 0.6) is 5.75 Å². The monoisotopic (exact) mass is 577 g/mol. The average Bonchev–Trinajstić information content (AvgIpc) is 2.91. The topological polar surface area (TPSA) is 96.0 Å². The minimum Gasteiger partial charge on any atom is -0.497 e. The summed E-state index contributed by atoms with van der Waals surface area (Å²) in [4.78, 5) is 28.6. The number of rotatable bonds is 13. The Morgan fingerprint density at radius 3 is 2.46 bits per heavy atom. The molecule has 0 aliphatic heterocycles. The second-order valence-corrected chi connectivity index (χ2v) is 12.3. The van der Waals surface area contributed by atoms with Crippen molar-refractivity contribution in [2.45, 2.75) is 76.9 Å². The van der Waals surface area contributed by atoms with Gasteiger partial charge in [0.05, 0.1) is 19.1 Å². The lowest BCUT2D eigenvalue weighted by atomic mass is 9.95. The molecule has 2 aromatic carbocycles. The summed E-state index contributed by atoms with van der Waals surface area (Å²) in [6.07, 6.45) is 7.22. The van der Waals surface area contributed by atoms with Gasteiger partial charge in [0, 0.05) is 36.6 Å². The van der Waals surface area contributed by atoms with Gasteiger partial charge >= 0.3 is 0 Å². The molecule has 8 nitrogen and oxygen atoms in total. The highest BCUT2D eigenvalue weighted by Crippen LogP contribution is 2.25. The third-order valence-corrected chi connectivity index (χ3v) is 8.69. The zero-order chi connectivity index (χ0) is 28.4. The van der Waals surface area contributed by atoms with Crippen LogP contribution in [0.3, 0.4) is 0 Å². The minimum atomic E-state index is -3.59. The molecule has 0 saturated heterocycles. The van der Waals surface area contributed by atoms with Gasteiger partial charge < -0.3 is 15.0 Å². The lowest BCUT2D eigenvalue weighted by Gasteiger charge is -2.33. The third-order valence-electron chi connectivity index (χ3n) is 7.13. The number of nitrogens with one attached hydrogen (secondary N) is 1. The van der Waals surface area contributed by atoms with Crippen LogP contribution in [0.1, 0.15) is 63.9 Å². The van der Waals surface area contributed by atoms with Crippen molar-refractivity contribution in [1.29, 1.82) is 0 Å². The third kappa shape index (κ3) is 8.86. The minimum absolute atomic E-state index is 0.0770. The highest BCUT2D eigenvalue weighted by molar-refractivity contribution is 7.92. The van der Waals surface area contributed by atoms with Crippen LogP contribution in [-0.4, -0.2) is 57.1 Å². The van der Waals surface area contributed by atoms with Crippen molar-refractivity contribution >= 4 is 39.1 Å². The van der Waals surface area contributed by atoms with E-state index in [-0.39, 0.29) is 43.8 Å². The molecule has 0 aromatic heterocycles. The van der Waals surface area contributed by atoms with E-state index in [2.05, 4.69) is 5.32 Å². The maximum Gasteiger partial charge on any atom is 0.243 e. The summed E-state index contributed by atoms with van der Waals surface area (Å²) in [5, 5.41) is 3.69. The van der Waals surface area contributed by atoms with Crippen LogP contribution in [0.4, 0.5) is 5.69 Å². The van der Waals surface area contributed by atoms with Gasteiger partial charge in [-0.15, -0.1) is 0 Å². The molecule has 1 aliphatic carbocycles. The summed E-state index contributed by atoms with van der Waals surface area (Å²) in [5.74, 6) is 0.163. The normalized spacial score (nSPS) is 14.9. The standard InChI is InChI=1S/C29H40ClN3O5S/c1-4-27(29(35)31-23-13-6-5-7-14-23)32(21-22-12-8-9-17-26(22)30)28(34)18-11-19-33(39(3,36)37)24-15-10-16-25(20-24)38-2/h8-10,12,15-17,20,23,27H,4-7,11,13-14,18-19,21H2,1-3H3,(H,31,35). The molecule has 1 atom stereocenters. The fourth-order valence-corrected chi connectivity index (χ4v) is 6.20.